The van der Waals surface area contributed by atoms with E-state index in [1.165, 1.54) is 16.9 Å². The number of nitrogens with zero attached hydrogens (tertiary/aromatic N) is 3. The maximum absolute atomic E-state index is 12.7. The second-order valence-corrected chi connectivity index (χ2v) is 9.21. The molecule has 4 rings (SSSR count). The number of benzene rings is 2. The number of rotatable bonds is 5. The first-order valence-electron chi connectivity index (χ1n) is 10.9. The highest BCUT2D eigenvalue weighted by Crippen LogP contribution is 2.29. The lowest BCUT2D eigenvalue weighted by Gasteiger charge is -2.31. The van der Waals surface area contributed by atoms with Crippen molar-refractivity contribution in [2.75, 3.05) is 23.7 Å². The molecule has 7 nitrogen and oxygen atoms in total. The predicted molar refractivity (Wildman–Crippen MR) is 128 cm³/mol. The van der Waals surface area contributed by atoms with E-state index >= 15 is 0 Å². The molecule has 1 aliphatic heterocycles. The zero-order chi connectivity index (χ0) is 22.5. The molecular weight excluding hydrogens is 422 g/mol. The Balaban J connectivity index is 1.28. The number of anilines is 2. The van der Waals surface area contributed by atoms with Gasteiger partial charge < -0.3 is 15.5 Å². The number of carbonyl (C=O) groups is 2. The Hall–Kier alpha value is -3.26. The van der Waals surface area contributed by atoms with Crippen LogP contribution in [0.1, 0.15) is 38.2 Å². The topological polar surface area (TPSA) is 87.2 Å². The molecule has 166 valence electrons. The van der Waals surface area contributed by atoms with E-state index in [2.05, 4.69) is 46.8 Å². The summed E-state index contributed by atoms with van der Waals surface area (Å²) in [4.78, 5) is 26.9. The molecule has 0 unspecified atom stereocenters. The average molecular weight is 450 g/mol. The van der Waals surface area contributed by atoms with Crippen LogP contribution in [0.15, 0.2) is 54.6 Å². The molecule has 2 heterocycles. The molecule has 8 heteroatoms. The first-order chi connectivity index (χ1) is 15.5. The van der Waals surface area contributed by atoms with E-state index in [1.54, 1.807) is 4.90 Å². The van der Waals surface area contributed by atoms with Gasteiger partial charge in [-0.2, -0.15) is 0 Å². The fraction of sp³-hybridized carbons (Fsp3) is 0.333. The lowest BCUT2D eigenvalue weighted by Crippen LogP contribution is -2.43. The van der Waals surface area contributed by atoms with Crippen molar-refractivity contribution in [1.82, 2.24) is 15.1 Å². The quantitative estimate of drug-likeness (QED) is 0.560. The average Bonchev–Trinajstić information content (AvgIpc) is 3.28. The van der Waals surface area contributed by atoms with Crippen molar-refractivity contribution in [3.63, 3.8) is 0 Å². The lowest BCUT2D eigenvalue weighted by atomic mass is 9.96. The third kappa shape index (κ3) is 5.31. The number of urea groups is 1. The minimum atomic E-state index is -0.145. The van der Waals surface area contributed by atoms with Crippen molar-refractivity contribution in [3.05, 3.63) is 60.2 Å². The van der Waals surface area contributed by atoms with E-state index in [0.717, 1.165) is 16.3 Å². The summed E-state index contributed by atoms with van der Waals surface area (Å²) in [5, 5.41) is 15.4. The predicted octanol–water partition coefficient (Wildman–Crippen LogP) is 5.21. The molecule has 0 radical (unpaired) electrons. The van der Waals surface area contributed by atoms with Crippen LogP contribution >= 0.6 is 11.3 Å². The summed E-state index contributed by atoms with van der Waals surface area (Å²) in [5.41, 5.74) is 3.03. The summed E-state index contributed by atoms with van der Waals surface area (Å²) in [5.74, 6) is 0.267. The zero-order valence-corrected chi connectivity index (χ0v) is 19.1. The smallest absolute Gasteiger partial charge is 0.321 e. The van der Waals surface area contributed by atoms with Crippen molar-refractivity contribution >= 4 is 34.1 Å². The second-order valence-electron chi connectivity index (χ2n) is 8.24. The van der Waals surface area contributed by atoms with Crippen LogP contribution in [0.3, 0.4) is 0 Å². The SMILES string of the molecule is CC(C)c1ccc(-c2nnc(NC(=O)C3CCN(C(=O)Nc4ccccc4)CC3)s2)cc1. The Bertz CT molecular complexity index is 1060. The molecule has 32 heavy (non-hydrogen) atoms. The minimum Gasteiger partial charge on any atom is -0.324 e. The molecule has 1 aliphatic rings. The largest absolute Gasteiger partial charge is 0.324 e. The fourth-order valence-electron chi connectivity index (χ4n) is 3.68. The van der Waals surface area contributed by atoms with Crippen molar-refractivity contribution < 1.29 is 9.59 Å². The molecule has 0 bridgehead atoms. The summed E-state index contributed by atoms with van der Waals surface area (Å²) in [6, 6.07) is 17.5. The van der Waals surface area contributed by atoms with Crippen LogP contribution in [-0.2, 0) is 4.79 Å². The third-order valence-electron chi connectivity index (χ3n) is 5.66. The molecule has 0 atom stereocenters. The number of carbonyl (C=O) groups excluding carboxylic acids is 2. The maximum atomic E-state index is 12.7. The number of amides is 3. The molecule has 3 aromatic rings. The number of nitrogens with one attached hydrogen (secondary N) is 2. The Morgan fingerprint density at radius 2 is 1.66 bits per heavy atom. The third-order valence-corrected chi connectivity index (χ3v) is 6.55. The first kappa shape index (κ1) is 22.0. The standard InChI is InChI=1S/C24H27N5O2S/c1-16(2)17-8-10-19(11-9-17)22-27-28-23(32-22)26-21(30)18-12-14-29(15-13-18)24(31)25-20-6-4-3-5-7-20/h3-11,16,18H,12-15H2,1-2H3,(H,25,31)(H,26,28,30). The molecule has 0 spiro atoms. The molecule has 2 N–H and O–H groups in total. The Kier molecular flexibility index (Phi) is 6.80. The van der Waals surface area contributed by atoms with Crippen molar-refractivity contribution in [1.29, 1.82) is 0 Å². The van der Waals surface area contributed by atoms with Crippen LogP contribution in [0.5, 0.6) is 0 Å². The van der Waals surface area contributed by atoms with Crippen molar-refractivity contribution in [3.8, 4) is 10.6 Å². The Morgan fingerprint density at radius 3 is 2.31 bits per heavy atom. The highest BCUT2D eigenvalue weighted by atomic mass is 32.1. The van der Waals surface area contributed by atoms with Crippen LogP contribution < -0.4 is 10.6 Å². The fourth-order valence-corrected chi connectivity index (χ4v) is 4.43. The summed E-state index contributed by atoms with van der Waals surface area (Å²) in [7, 11) is 0. The molecule has 3 amide bonds. The van der Waals surface area contributed by atoms with E-state index < -0.39 is 0 Å². The van der Waals surface area contributed by atoms with Crippen LogP contribution in [0.25, 0.3) is 10.6 Å². The molecule has 1 fully saturated rings. The summed E-state index contributed by atoms with van der Waals surface area (Å²) in [6.07, 6.45) is 1.24. The number of likely N-dealkylation sites (tertiary alicyclic amines) is 1. The van der Waals surface area contributed by atoms with Crippen LogP contribution in [-0.4, -0.2) is 40.1 Å². The van der Waals surface area contributed by atoms with Gasteiger partial charge in [0.15, 0.2) is 0 Å². The van der Waals surface area contributed by atoms with Gasteiger partial charge in [0, 0.05) is 30.3 Å². The van der Waals surface area contributed by atoms with Crippen LogP contribution in [0.2, 0.25) is 0 Å². The summed E-state index contributed by atoms with van der Waals surface area (Å²) < 4.78 is 0. The normalized spacial score (nSPS) is 14.4. The molecular formula is C24H27N5O2S. The molecule has 0 aliphatic carbocycles. The van der Waals surface area contributed by atoms with Gasteiger partial charge in [-0.25, -0.2) is 4.79 Å². The van der Waals surface area contributed by atoms with Crippen molar-refractivity contribution in [2.45, 2.75) is 32.6 Å². The van der Waals surface area contributed by atoms with E-state index in [0.29, 0.717) is 37.0 Å². The molecule has 2 aromatic carbocycles. The van der Waals surface area contributed by atoms with Gasteiger partial charge in [0.05, 0.1) is 0 Å². The van der Waals surface area contributed by atoms with Gasteiger partial charge in [-0.15, -0.1) is 10.2 Å². The van der Waals surface area contributed by atoms with Gasteiger partial charge in [-0.05, 0) is 36.5 Å². The molecule has 1 saturated heterocycles. The summed E-state index contributed by atoms with van der Waals surface area (Å²) in [6.45, 7) is 5.40. The Morgan fingerprint density at radius 1 is 0.969 bits per heavy atom. The maximum Gasteiger partial charge on any atom is 0.321 e. The van der Waals surface area contributed by atoms with Crippen LogP contribution in [0, 0.1) is 5.92 Å². The van der Waals surface area contributed by atoms with E-state index in [1.807, 2.05) is 42.5 Å². The van der Waals surface area contributed by atoms with E-state index in [-0.39, 0.29) is 17.9 Å². The van der Waals surface area contributed by atoms with Gasteiger partial charge in [0.1, 0.15) is 5.01 Å². The van der Waals surface area contributed by atoms with Gasteiger partial charge in [0.2, 0.25) is 11.0 Å². The molecule has 0 saturated carbocycles. The minimum absolute atomic E-state index is 0.0639. The van der Waals surface area contributed by atoms with E-state index in [9.17, 15) is 9.59 Å². The van der Waals surface area contributed by atoms with E-state index in [4.69, 9.17) is 0 Å². The second kappa shape index (κ2) is 9.91. The summed E-state index contributed by atoms with van der Waals surface area (Å²) >= 11 is 1.37. The number of hydrogen-bond donors (Lipinski definition) is 2. The van der Waals surface area contributed by atoms with Gasteiger partial charge in [-0.3, -0.25) is 4.79 Å². The molecule has 1 aromatic heterocycles. The Labute approximate surface area is 191 Å². The highest BCUT2D eigenvalue weighted by Gasteiger charge is 2.28. The van der Waals surface area contributed by atoms with Gasteiger partial charge in [0.25, 0.3) is 0 Å². The van der Waals surface area contributed by atoms with Gasteiger partial charge in [-0.1, -0.05) is 67.6 Å². The van der Waals surface area contributed by atoms with Crippen LogP contribution in [0.4, 0.5) is 15.6 Å². The van der Waals surface area contributed by atoms with Gasteiger partial charge >= 0.3 is 6.03 Å². The number of aromatic nitrogens is 2. The first-order valence-corrected chi connectivity index (χ1v) is 11.7. The highest BCUT2D eigenvalue weighted by molar-refractivity contribution is 7.18. The number of piperidine rings is 1. The number of para-hydroxylation sites is 1. The lowest BCUT2D eigenvalue weighted by molar-refractivity contribution is -0.121. The number of hydrogen-bond acceptors (Lipinski definition) is 5. The monoisotopic (exact) mass is 449 g/mol. The zero-order valence-electron chi connectivity index (χ0n) is 18.2. The van der Waals surface area contributed by atoms with Crippen molar-refractivity contribution in [2.24, 2.45) is 5.92 Å².